The van der Waals surface area contributed by atoms with Crippen LogP contribution in [-0.2, 0) is 11.3 Å². The van der Waals surface area contributed by atoms with Crippen LogP contribution in [-0.4, -0.2) is 44.5 Å². The predicted molar refractivity (Wildman–Crippen MR) is 107 cm³/mol. The van der Waals surface area contributed by atoms with Gasteiger partial charge >= 0.3 is 0 Å². The van der Waals surface area contributed by atoms with Crippen LogP contribution in [0.25, 0.3) is 0 Å². The highest BCUT2D eigenvalue weighted by molar-refractivity contribution is 5.95. The summed E-state index contributed by atoms with van der Waals surface area (Å²) in [4.78, 5) is 29.6. The first kappa shape index (κ1) is 19.5. The molecule has 1 saturated heterocycles. The van der Waals surface area contributed by atoms with Crippen molar-refractivity contribution in [2.24, 2.45) is 4.99 Å². The summed E-state index contributed by atoms with van der Waals surface area (Å²) in [6.45, 7) is 2.37. The minimum Gasteiger partial charge on any atom is -0.459 e. The molecule has 2 amide bonds. The third-order valence-corrected chi connectivity index (χ3v) is 4.45. The normalized spacial score (nSPS) is 14.2. The van der Waals surface area contributed by atoms with E-state index in [1.165, 1.54) is 6.26 Å². The van der Waals surface area contributed by atoms with Crippen molar-refractivity contribution in [1.29, 1.82) is 0 Å². The highest BCUT2D eigenvalue weighted by Crippen LogP contribution is 2.21. The molecule has 0 spiro atoms. The Kier molecular flexibility index (Phi) is 6.67. The van der Waals surface area contributed by atoms with Crippen LogP contribution < -0.4 is 20.9 Å². The molecule has 0 bridgehead atoms. The van der Waals surface area contributed by atoms with E-state index in [4.69, 9.17) is 4.42 Å². The van der Waals surface area contributed by atoms with E-state index in [1.54, 1.807) is 19.2 Å². The molecular weight excluding hydrogens is 358 g/mol. The maximum Gasteiger partial charge on any atom is 0.287 e. The molecule has 1 aliphatic rings. The number of rotatable bonds is 7. The van der Waals surface area contributed by atoms with Crippen LogP contribution in [0, 0.1) is 0 Å². The summed E-state index contributed by atoms with van der Waals surface area (Å²) < 4.78 is 5.04. The Labute approximate surface area is 164 Å². The molecule has 1 aromatic carbocycles. The Balaban J connectivity index is 1.39. The van der Waals surface area contributed by atoms with Gasteiger partial charge in [-0.3, -0.25) is 14.6 Å². The summed E-state index contributed by atoms with van der Waals surface area (Å²) in [5, 5.41) is 9.13. The fraction of sp³-hybridized carbons (Fsp3) is 0.350. The number of benzene rings is 1. The number of nitrogens with zero attached hydrogens (tertiary/aromatic N) is 2. The molecule has 0 unspecified atom stereocenters. The Bertz CT molecular complexity index is 815. The van der Waals surface area contributed by atoms with E-state index in [2.05, 4.69) is 20.9 Å². The number of hydrogen-bond donors (Lipinski definition) is 3. The molecule has 0 radical (unpaired) electrons. The van der Waals surface area contributed by atoms with Crippen LogP contribution in [0.3, 0.4) is 0 Å². The van der Waals surface area contributed by atoms with Gasteiger partial charge in [0.1, 0.15) is 0 Å². The van der Waals surface area contributed by atoms with Gasteiger partial charge in [-0.15, -0.1) is 0 Å². The monoisotopic (exact) mass is 383 g/mol. The topological polar surface area (TPSA) is 99.0 Å². The SMILES string of the molecule is CN=C(NCCNC(=O)c1ccco1)NCc1ccc(N2CCCC2=O)cc1. The maximum atomic E-state index is 11.8. The van der Waals surface area contributed by atoms with Gasteiger partial charge in [0.15, 0.2) is 11.7 Å². The minimum atomic E-state index is -0.244. The molecule has 148 valence electrons. The minimum absolute atomic E-state index is 0.189. The van der Waals surface area contributed by atoms with Crippen molar-refractivity contribution in [2.45, 2.75) is 19.4 Å². The number of carbonyl (C=O) groups excluding carboxylic acids is 2. The zero-order chi connectivity index (χ0) is 19.8. The first-order chi connectivity index (χ1) is 13.7. The molecule has 0 saturated carbocycles. The fourth-order valence-electron chi connectivity index (χ4n) is 2.97. The van der Waals surface area contributed by atoms with Crippen LogP contribution >= 0.6 is 0 Å². The Morgan fingerprint density at radius 1 is 1.14 bits per heavy atom. The summed E-state index contributed by atoms with van der Waals surface area (Å²) in [6, 6.07) is 11.2. The zero-order valence-electron chi connectivity index (χ0n) is 15.9. The third-order valence-electron chi connectivity index (χ3n) is 4.45. The lowest BCUT2D eigenvalue weighted by atomic mass is 10.2. The van der Waals surface area contributed by atoms with Gasteiger partial charge in [0.25, 0.3) is 5.91 Å². The number of amides is 2. The molecule has 1 fully saturated rings. The molecule has 1 aliphatic heterocycles. The zero-order valence-corrected chi connectivity index (χ0v) is 15.9. The highest BCUT2D eigenvalue weighted by Gasteiger charge is 2.21. The summed E-state index contributed by atoms with van der Waals surface area (Å²) in [6.07, 6.45) is 3.02. The van der Waals surface area contributed by atoms with Crippen molar-refractivity contribution in [3.63, 3.8) is 0 Å². The van der Waals surface area contributed by atoms with Crippen molar-refractivity contribution in [3.8, 4) is 0 Å². The molecule has 2 heterocycles. The van der Waals surface area contributed by atoms with Gasteiger partial charge in [0, 0.05) is 45.3 Å². The second-order valence-corrected chi connectivity index (χ2v) is 6.40. The molecule has 3 N–H and O–H groups in total. The third kappa shape index (κ3) is 5.12. The summed E-state index contributed by atoms with van der Waals surface area (Å²) in [5.41, 5.74) is 2.03. The van der Waals surface area contributed by atoms with Crippen LogP contribution in [0.4, 0.5) is 5.69 Å². The molecule has 0 aliphatic carbocycles. The van der Waals surface area contributed by atoms with Crippen molar-refractivity contribution >= 4 is 23.5 Å². The smallest absolute Gasteiger partial charge is 0.287 e. The number of aliphatic imine (C=N–C) groups is 1. The lowest BCUT2D eigenvalue weighted by Crippen LogP contribution is -2.41. The Morgan fingerprint density at radius 2 is 1.93 bits per heavy atom. The summed E-state index contributed by atoms with van der Waals surface area (Å²) in [5.74, 6) is 0.883. The second kappa shape index (κ2) is 9.59. The van der Waals surface area contributed by atoms with Crippen molar-refractivity contribution in [2.75, 3.05) is 31.6 Å². The van der Waals surface area contributed by atoms with Gasteiger partial charge in [0.05, 0.1) is 6.26 Å². The van der Waals surface area contributed by atoms with Crippen LogP contribution in [0.1, 0.15) is 29.0 Å². The van der Waals surface area contributed by atoms with Gasteiger partial charge in [-0.2, -0.15) is 0 Å². The molecule has 1 aromatic heterocycles. The van der Waals surface area contributed by atoms with Gasteiger partial charge in [-0.25, -0.2) is 0 Å². The van der Waals surface area contributed by atoms with E-state index >= 15 is 0 Å². The van der Waals surface area contributed by atoms with E-state index < -0.39 is 0 Å². The average molecular weight is 383 g/mol. The molecule has 2 aromatic rings. The largest absolute Gasteiger partial charge is 0.459 e. The number of carbonyl (C=O) groups is 2. The molecular formula is C20H25N5O3. The van der Waals surface area contributed by atoms with E-state index in [0.717, 1.165) is 24.2 Å². The number of nitrogens with one attached hydrogen (secondary N) is 3. The first-order valence-electron chi connectivity index (χ1n) is 9.33. The summed E-state index contributed by atoms with van der Waals surface area (Å²) >= 11 is 0. The van der Waals surface area contributed by atoms with Crippen molar-refractivity contribution < 1.29 is 14.0 Å². The van der Waals surface area contributed by atoms with E-state index in [1.807, 2.05) is 29.2 Å². The van der Waals surface area contributed by atoms with Crippen molar-refractivity contribution in [1.82, 2.24) is 16.0 Å². The van der Waals surface area contributed by atoms with Crippen LogP contribution in [0.2, 0.25) is 0 Å². The fourth-order valence-corrected chi connectivity index (χ4v) is 2.97. The number of anilines is 1. The van der Waals surface area contributed by atoms with Gasteiger partial charge in [-0.05, 0) is 36.2 Å². The molecule has 0 atom stereocenters. The van der Waals surface area contributed by atoms with Crippen LogP contribution in [0.5, 0.6) is 0 Å². The molecule has 8 nitrogen and oxygen atoms in total. The molecule has 8 heteroatoms. The van der Waals surface area contributed by atoms with Gasteiger partial charge in [0.2, 0.25) is 5.91 Å². The standard InChI is InChI=1S/C20H25N5O3/c1-21-20(23-11-10-22-19(27)17-4-3-13-28-17)24-14-15-6-8-16(9-7-15)25-12-2-5-18(25)26/h3-4,6-9,13H,2,5,10-12,14H2,1H3,(H,22,27)(H2,21,23,24). The predicted octanol–water partition coefficient (Wildman–Crippen LogP) is 1.50. The van der Waals surface area contributed by atoms with E-state index in [-0.39, 0.29) is 11.8 Å². The Morgan fingerprint density at radius 3 is 2.57 bits per heavy atom. The molecule has 28 heavy (non-hydrogen) atoms. The maximum absolute atomic E-state index is 11.8. The van der Waals surface area contributed by atoms with Gasteiger partial charge < -0.3 is 25.3 Å². The quantitative estimate of drug-likeness (QED) is 0.382. The summed E-state index contributed by atoms with van der Waals surface area (Å²) in [7, 11) is 1.69. The number of hydrogen-bond acceptors (Lipinski definition) is 4. The lowest BCUT2D eigenvalue weighted by Gasteiger charge is -2.16. The van der Waals surface area contributed by atoms with E-state index in [9.17, 15) is 9.59 Å². The first-order valence-corrected chi connectivity index (χ1v) is 9.33. The highest BCUT2D eigenvalue weighted by atomic mass is 16.3. The lowest BCUT2D eigenvalue weighted by molar-refractivity contribution is -0.117. The van der Waals surface area contributed by atoms with Gasteiger partial charge in [-0.1, -0.05) is 12.1 Å². The number of guanidine groups is 1. The Hall–Kier alpha value is -3.29. The molecule has 3 rings (SSSR count). The average Bonchev–Trinajstić information content (AvgIpc) is 3.40. The van der Waals surface area contributed by atoms with Crippen LogP contribution in [0.15, 0.2) is 52.1 Å². The second-order valence-electron chi connectivity index (χ2n) is 6.40. The van der Waals surface area contributed by atoms with E-state index in [0.29, 0.717) is 37.8 Å². The number of furan rings is 1. The van der Waals surface area contributed by atoms with Crippen molar-refractivity contribution in [3.05, 3.63) is 54.0 Å².